The van der Waals surface area contributed by atoms with E-state index in [1.165, 1.54) is 10.9 Å². The van der Waals surface area contributed by atoms with E-state index in [1.807, 2.05) is 6.07 Å². The Morgan fingerprint density at radius 2 is 1.89 bits per heavy atom. The van der Waals surface area contributed by atoms with E-state index >= 15 is 0 Å². The molecule has 0 saturated heterocycles. The average Bonchev–Trinajstić information content (AvgIpc) is 3.02. The highest BCUT2D eigenvalue weighted by atomic mass is 16.6. The van der Waals surface area contributed by atoms with Crippen LogP contribution in [0, 0.1) is 11.3 Å². The van der Waals surface area contributed by atoms with E-state index in [0.717, 1.165) is 0 Å². The van der Waals surface area contributed by atoms with Gasteiger partial charge in [-0.3, -0.25) is 9.89 Å². The maximum atomic E-state index is 12.7. The van der Waals surface area contributed by atoms with Gasteiger partial charge >= 0.3 is 5.97 Å². The number of nitrogens with one attached hydrogen (secondary N) is 1. The minimum Gasteiger partial charge on any atom is -0.456 e. The molecule has 0 amide bonds. The molecule has 0 aliphatic heterocycles. The summed E-state index contributed by atoms with van der Waals surface area (Å²) in [6, 6.07) is 11.9. The van der Waals surface area contributed by atoms with E-state index in [-0.39, 0.29) is 5.56 Å². The van der Waals surface area contributed by atoms with Crippen molar-refractivity contribution in [3.8, 4) is 23.0 Å². The highest BCUT2D eigenvalue weighted by molar-refractivity contribution is 5.89. The van der Waals surface area contributed by atoms with Crippen LogP contribution in [0.2, 0.25) is 0 Å². The van der Waals surface area contributed by atoms with Gasteiger partial charge in [-0.1, -0.05) is 12.1 Å². The van der Waals surface area contributed by atoms with E-state index in [4.69, 9.17) is 10.00 Å². The Labute approximate surface area is 155 Å². The van der Waals surface area contributed by atoms with Gasteiger partial charge in [0, 0.05) is 12.4 Å². The molecular weight excluding hydrogens is 344 g/mol. The average molecular weight is 362 g/mol. The zero-order valence-corrected chi connectivity index (χ0v) is 15.2. The van der Waals surface area contributed by atoms with E-state index < -0.39 is 11.6 Å². The summed E-state index contributed by atoms with van der Waals surface area (Å²) in [7, 11) is 0. The highest BCUT2D eigenvalue weighted by Crippen LogP contribution is 2.17. The van der Waals surface area contributed by atoms with Crippen LogP contribution in [-0.4, -0.2) is 26.3 Å². The first-order valence-electron chi connectivity index (χ1n) is 8.29. The summed E-state index contributed by atoms with van der Waals surface area (Å²) in [5.74, 6) is -0.120. The number of ether oxygens (including phenoxy) is 1. The molecule has 0 spiro atoms. The van der Waals surface area contributed by atoms with Crippen LogP contribution in [0.5, 0.6) is 0 Å². The summed E-state index contributed by atoms with van der Waals surface area (Å²) in [5, 5.41) is 11.7. The Kier molecular flexibility index (Phi) is 4.65. The van der Waals surface area contributed by atoms with E-state index in [0.29, 0.717) is 28.1 Å². The highest BCUT2D eigenvalue weighted by Gasteiger charge is 2.18. The summed E-state index contributed by atoms with van der Waals surface area (Å²) >= 11 is 0. The van der Waals surface area contributed by atoms with Crippen LogP contribution in [0.4, 0.5) is 0 Å². The van der Waals surface area contributed by atoms with Crippen LogP contribution in [0.25, 0.3) is 16.9 Å². The lowest BCUT2D eigenvalue weighted by Crippen LogP contribution is -2.24. The third-order valence-electron chi connectivity index (χ3n) is 3.71. The minimum atomic E-state index is -0.595. The van der Waals surface area contributed by atoms with Crippen LogP contribution in [0.3, 0.4) is 0 Å². The van der Waals surface area contributed by atoms with Crippen molar-refractivity contribution in [3.05, 3.63) is 70.3 Å². The van der Waals surface area contributed by atoms with E-state index in [1.54, 1.807) is 63.4 Å². The van der Waals surface area contributed by atoms with Crippen LogP contribution in [0.1, 0.15) is 36.7 Å². The fourth-order valence-corrected chi connectivity index (χ4v) is 2.45. The second-order valence-corrected chi connectivity index (χ2v) is 6.92. The number of rotatable bonds is 3. The topological polar surface area (TPSA) is 101 Å². The molecular formula is C20H18N4O3. The summed E-state index contributed by atoms with van der Waals surface area (Å²) in [4.78, 5) is 28.9. The van der Waals surface area contributed by atoms with Crippen molar-refractivity contribution in [1.29, 1.82) is 5.26 Å². The Balaban J connectivity index is 1.87. The van der Waals surface area contributed by atoms with Crippen LogP contribution < -0.4 is 5.56 Å². The number of pyridine rings is 1. The first kappa shape index (κ1) is 18.1. The number of aromatic amines is 1. The lowest BCUT2D eigenvalue weighted by atomic mass is 10.1. The van der Waals surface area contributed by atoms with Crippen LogP contribution >= 0.6 is 0 Å². The first-order valence-corrected chi connectivity index (χ1v) is 8.29. The number of carbonyl (C=O) groups excluding carboxylic acids is 1. The molecule has 0 fully saturated rings. The second kappa shape index (κ2) is 6.92. The Morgan fingerprint density at radius 1 is 1.19 bits per heavy atom. The lowest BCUT2D eigenvalue weighted by molar-refractivity contribution is 0.00691. The molecule has 2 aromatic heterocycles. The molecule has 27 heavy (non-hydrogen) atoms. The molecule has 2 heterocycles. The number of H-pyrrole nitrogens is 1. The van der Waals surface area contributed by atoms with Gasteiger partial charge < -0.3 is 4.74 Å². The fraction of sp³-hybridized carbons (Fsp3) is 0.200. The smallest absolute Gasteiger partial charge is 0.340 e. The van der Waals surface area contributed by atoms with Crippen molar-refractivity contribution in [2.24, 2.45) is 0 Å². The number of aromatic nitrogens is 3. The van der Waals surface area contributed by atoms with Crippen molar-refractivity contribution in [3.63, 3.8) is 0 Å². The maximum Gasteiger partial charge on any atom is 0.340 e. The van der Waals surface area contributed by atoms with Crippen molar-refractivity contribution in [1.82, 2.24) is 14.8 Å². The zero-order chi connectivity index (χ0) is 19.6. The zero-order valence-electron chi connectivity index (χ0n) is 15.2. The molecule has 136 valence electrons. The second-order valence-electron chi connectivity index (χ2n) is 6.92. The van der Waals surface area contributed by atoms with Crippen molar-refractivity contribution >= 4 is 5.97 Å². The normalized spacial score (nSPS) is 11.0. The largest absolute Gasteiger partial charge is 0.456 e. The molecule has 0 atom stereocenters. The minimum absolute atomic E-state index is 0.280. The maximum absolute atomic E-state index is 12.7. The number of hydrogen-bond acceptors (Lipinski definition) is 5. The number of nitriles is 1. The summed E-state index contributed by atoms with van der Waals surface area (Å²) in [6.45, 7) is 5.36. The number of esters is 1. The Hall–Kier alpha value is -3.66. The van der Waals surface area contributed by atoms with Gasteiger partial charge in [-0.25, -0.2) is 14.5 Å². The third-order valence-corrected chi connectivity index (χ3v) is 3.71. The molecule has 7 nitrogen and oxygen atoms in total. The number of carbonyl (C=O) groups is 1. The third kappa shape index (κ3) is 3.96. The monoisotopic (exact) mass is 362 g/mol. The van der Waals surface area contributed by atoms with Crippen molar-refractivity contribution < 1.29 is 9.53 Å². The fourth-order valence-electron chi connectivity index (χ4n) is 2.45. The summed E-state index contributed by atoms with van der Waals surface area (Å²) in [5.41, 5.74) is 1.10. The molecule has 3 aromatic rings. The van der Waals surface area contributed by atoms with Gasteiger partial charge in [-0.15, -0.1) is 0 Å². The quantitative estimate of drug-likeness (QED) is 0.722. The number of nitrogens with zero attached hydrogens (tertiary/aromatic N) is 3. The van der Waals surface area contributed by atoms with Crippen LogP contribution in [-0.2, 0) is 4.74 Å². The molecule has 7 heteroatoms. The SMILES string of the molecule is CC(C)(C)OC(=O)c1ccc(-n2[nH]cc(-c3ccc(C#N)cc3)c2=O)nc1. The molecule has 1 N–H and O–H groups in total. The molecule has 3 rings (SSSR count). The molecule has 1 aromatic carbocycles. The predicted molar refractivity (Wildman–Crippen MR) is 99.5 cm³/mol. The van der Waals surface area contributed by atoms with Gasteiger partial charge in [0.25, 0.3) is 5.56 Å². The van der Waals surface area contributed by atoms with Crippen molar-refractivity contribution in [2.75, 3.05) is 0 Å². The first-order chi connectivity index (χ1) is 12.8. The van der Waals surface area contributed by atoms with Gasteiger partial charge in [0.1, 0.15) is 5.60 Å². The molecule has 0 aliphatic carbocycles. The predicted octanol–water partition coefficient (Wildman–Crippen LogP) is 3.05. The molecule has 0 bridgehead atoms. The molecule has 0 saturated carbocycles. The lowest BCUT2D eigenvalue weighted by Gasteiger charge is -2.19. The van der Waals surface area contributed by atoms with E-state index in [2.05, 4.69) is 10.1 Å². The Morgan fingerprint density at radius 3 is 2.44 bits per heavy atom. The van der Waals surface area contributed by atoms with Gasteiger partial charge in [-0.2, -0.15) is 5.26 Å². The molecule has 0 aliphatic rings. The van der Waals surface area contributed by atoms with Gasteiger partial charge in [-0.05, 0) is 50.6 Å². The standard InChI is InChI=1S/C20H18N4O3/c1-20(2,3)27-19(26)15-8-9-17(22-11-15)24-18(25)16(12-23-24)14-6-4-13(10-21)5-7-14/h4-9,11-12,23H,1-3H3. The Bertz CT molecular complexity index is 1060. The van der Waals surface area contributed by atoms with Gasteiger partial charge in [0.2, 0.25) is 0 Å². The van der Waals surface area contributed by atoms with Crippen molar-refractivity contribution in [2.45, 2.75) is 26.4 Å². The molecule has 0 unspecified atom stereocenters. The number of benzene rings is 1. The van der Waals surface area contributed by atoms with Crippen LogP contribution in [0.15, 0.2) is 53.6 Å². The number of hydrogen-bond donors (Lipinski definition) is 1. The summed E-state index contributed by atoms with van der Waals surface area (Å²) in [6.07, 6.45) is 2.95. The summed E-state index contributed by atoms with van der Waals surface area (Å²) < 4.78 is 6.58. The van der Waals surface area contributed by atoms with Gasteiger partial charge in [0.05, 0.1) is 22.8 Å². The molecule has 0 radical (unpaired) electrons. The van der Waals surface area contributed by atoms with Gasteiger partial charge in [0.15, 0.2) is 5.82 Å². The van der Waals surface area contributed by atoms with E-state index in [9.17, 15) is 9.59 Å².